The Morgan fingerprint density at radius 2 is 1.11 bits per heavy atom. The first kappa shape index (κ1) is 17.9. The lowest BCUT2D eigenvalue weighted by Gasteiger charge is -2.28. The third-order valence-electron chi connectivity index (χ3n) is 4.09. The van der Waals surface area contributed by atoms with Crippen LogP contribution in [0.25, 0.3) is 0 Å². The van der Waals surface area contributed by atoms with E-state index in [2.05, 4.69) is 0 Å². The molecule has 0 aromatic carbocycles. The molecule has 0 aliphatic rings. The van der Waals surface area contributed by atoms with E-state index in [1.165, 1.54) is 0 Å². The lowest BCUT2D eigenvalue weighted by Crippen LogP contribution is -2.30. The zero-order chi connectivity index (χ0) is 15.1. The van der Waals surface area contributed by atoms with E-state index in [9.17, 15) is 19.8 Å². The molecule has 0 saturated heterocycles. The summed E-state index contributed by atoms with van der Waals surface area (Å²) in [5, 5.41) is 18.6. The molecule has 2 N–H and O–H groups in total. The van der Waals surface area contributed by atoms with Crippen molar-refractivity contribution in [2.75, 3.05) is 0 Å². The quantitative estimate of drug-likeness (QED) is 0.631. The van der Waals surface area contributed by atoms with Crippen molar-refractivity contribution >= 4 is 11.9 Å². The molecule has 0 aliphatic heterocycles. The van der Waals surface area contributed by atoms with E-state index in [0.29, 0.717) is 32.1 Å². The first-order valence-electron chi connectivity index (χ1n) is 7.18. The molecule has 19 heavy (non-hydrogen) atoms. The summed E-state index contributed by atoms with van der Waals surface area (Å²) >= 11 is 0. The van der Waals surface area contributed by atoms with E-state index < -0.39 is 22.8 Å². The van der Waals surface area contributed by atoms with Crippen LogP contribution in [0.15, 0.2) is 0 Å². The molecule has 0 fully saturated rings. The topological polar surface area (TPSA) is 74.6 Å². The molecule has 4 nitrogen and oxygen atoms in total. The second-order valence-electron chi connectivity index (χ2n) is 6.09. The van der Waals surface area contributed by atoms with E-state index in [0.717, 1.165) is 12.8 Å². The number of hydrogen-bond donors (Lipinski definition) is 2. The van der Waals surface area contributed by atoms with Crippen molar-refractivity contribution in [3.05, 3.63) is 0 Å². The Labute approximate surface area is 116 Å². The van der Waals surface area contributed by atoms with Gasteiger partial charge in [-0.15, -0.1) is 0 Å². The van der Waals surface area contributed by atoms with Crippen molar-refractivity contribution in [1.82, 2.24) is 0 Å². The van der Waals surface area contributed by atoms with Crippen molar-refractivity contribution in [2.45, 2.75) is 72.6 Å². The highest BCUT2D eigenvalue weighted by Crippen LogP contribution is 2.35. The first-order valence-corrected chi connectivity index (χ1v) is 7.18. The Morgan fingerprint density at radius 3 is 1.32 bits per heavy atom. The van der Waals surface area contributed by atoms with Crippen LogP contribution in [0.2, 0.25) is 0 Å². The van der Waals surface area contributed by atoms with Gasteiger partial charge in [0, 0.05) is 0 Å². The third-order valence-corrected chi connectivity index (χ3v) is 4.09. The van der Waals surface area contributed by atoms with Crippen LogP contribution in [0.5, 0.6) is 0 Å². The van der Waals surface area contributed by atoms with Crippen LogP contribution < -0.4 is 0 Å². The van der Waals surface area contributed by atoms with Gasteiger partial charge in [-0.05, 0) is 39.5 Å². The fraction of sp³-hybridized carbons (Fsp3) is 0.867. The Morgan fingerprint density at radius 1 is 0.789 bits per heavy atom. The fourth-order valence-corrected chi connectivity index (χ4v) is 2.65. The molecular weight excluding hydrogens is 244 g/mol. The smallest absolute Gasteiger partial charge is 0.309 e. The molecule has 4 heteroatoms. The molecule has 2 unspecified atom stereocenters. The largest absolute Gasteiger partial charge is 0.481 e. The van der Waals surface area contributed by atoms with E-state index in [4.69, 9.17) is 0 Å². The summed E-state index contributed by atoms with van der Waals surface area (Å²) in [7, 11) is 0. The minimum Gasteiger partial charge on any atom is -0.481 e. The maximum atomic E-state index is 11.3. The van der Waals surface area contributed by atoms with Gasteiger partial charge in [0.1, 0.15) is 0 Å². The van der Waals surface area contributed by atoms with Gasteiger partial charge in [-0.25, -0.2) is 0 Å². The van der Waals surface area contributed by atoms with Gasteiger partial charge >= 0.3 is 11.9 Å². The van der Waals surface area contributed by atoms with Gasteiger partial charge in [0.05, 0.1) is 10.8 Å². The average Bonchev–Trinajstić information content (AvgIpc) is 2.29. The Kier molecular flexibility index (Phi) is 7.09. The number of carbonyl (C=O) groups is 2. The minimum absolute atomic E-state index is 0.544. The molecule has 0 aliphatic carbocycles. The lowest BCUT2D eigenvalue weighted by molar-refractivity contribution is -0.149. The number of rotatable bonds is 10. The molecule has 112 valence electrons. The van der Waals surface area contributed by atoms with Gasteiger partial charge in [-0.3, -0.25) is 9.59 Å². The van der Waals surface area contributed by atoms with Crippen LogP contribution in [0, 0.1) is 10.8 Å². The van der Waals surface area contributed by atoms with Crippen LogP contribution in [-0.4, -0.2) is 22.2 Å². The lowest BCUT2D eigenvalue weighted by atomic mass is 9.76. The SMILES string of the molecule is CCCC(C)(CCCC(C)(CCC)C(=O)O)C(=O)O. The Hall–Kier alpha value is -1.06. The standard InChI is InChI=1S/C15H28O4/c1-5-8-14(3,12(16)17)10-7-11-15(4,9-6-2)13(18)19/h5-11H2,1-4H3,(H,16,17)(H,18,19). The van der Waals surface area contributed by atoms with E-state index in [1.807, 2.05) is 13.8 Å². The predicted molar refractivity (Wildman–Crippen MR) is 75.2 cm³/mol. The highest BCUT2D eigenvalue weighted by Gasteiger charge is 2.35. The van der Waals surface area contributed by atoms with E-state index in [-0.39, 0.29) is 0 Å². The van der Waals surface area contributed by atoms with Crippen LogP contribution in [0.1, 0.15) is 72.6 Å². The highest BCUT2D eigenvalue weighted by molar-refractivity contribution is 5.74. The van der Waals surface area contributed by atoms with Gasteiger partial charge in [0.15, 0.2) is 0 Å². The minimum atomic E-state index is -0.776. The highest BCUT2D eigenvalue weighted by atomic mass is 16.4. The zero-order valence-corrected chi connectivity index (χ0v) is 12.7. The molecule has 0 saturated carbocycles. The van der Waals surface area contributed by atoms with Crippen LogP contribution in [0.4, 0.5) is 0 Å². The van der Waals surface area contributed by atoms with Crippen LogP contribution >= 0.6 is 0 Å². The maximum absolute atomic E-state index is 11.3. The van der Waals surface area contributed by atoms with Crippen molar-refractivity contribution in [2.24, 2.45) is 10.8 Å². The number of carboxylic acid groups (broad SMARTS) is 2. The molecule has 0 aromatic rings. The van der Waals surface area contributed by atoms with Crippen molar-refractivity contribution in [3.63, 3.8) is 0 Å². The van der Waals surface area contributed by atoms with Crippen LogP contribution in [-0.2, 0) is 9.59 Å². The van der Waals surface area contributed by atoms with E-state index in [1.54, 1.807) is 13.8 Å². The normalized spacial score (nSPS) is 17.5. The number of carboxylic acids is 2. The molecule has 0 rings (SSSR count). The zero-order valence-electron chi connectivity index (χ0n) is 12.7. The Balaban J connectivity index is 4.54. The van der Waals surface area contributed by atoms with E-state index >= 15 is 0 Å². The van der Waals surface area contributed by atoms with Crippen molar-refractivity contribution in [3.8, 4) is 0 Å². The second kappa shape index (κ2) is 7.51. The molecule has 0 spiro atoms. The fourth-order valence-electron chi connectivity index (χ4n) is 2.65. The van der Waals surface area contributed by atoms with Crippen molar-refractivity contribution < 1.29 is 19.8 Å². The molecule has 2 atom stereocenters. The summed E-state index contributed by atoms with van der Waals surface area (Å²) in [4.78, 5) is 22.6. The summed E-state index contributed by atoms with van der Waals surface area (Å²) in [5.41, 5.74) is -1.44. The average molecular weight is 272 g/mol. The van der Waals surface area contributed by atoms with Gasteiger partial charge in [0.25, 0.3) is 0 Å². The summed E-state index contributed by atoms with van der Waals surface area (Å²) < 4.78 is 0. The van der Waals surface area contributed by atoms with Gasteiger partial charge in [-0.1, -0.05) is 33.1 Å². The Bertz CT molecular complexity index is 283. The van der Waals surface area contributed by atoms with Gasteiger partial charge in [-0.2, -0.15) is 0 Å². The predicted octanol–water partition coefficient (Wildman–Crippen LogP) is 3.94. The third kappa shape index (κ3) is 5.21. The molecular formula is C15H28O4. The number of hydrogen-bond acceptors (Lipinski definition) is 2. The second-order valence-corrected chi connectivity index (χ2v) is 6.09. The van der Waals surface area contributed by atoms with Crippen LogP contribution in [0.3, 0.4) is 0 Å². The molecule has 0 radical (unpaired) electrons. The summed E-state index contributed by atoms with van der Waals surface area (Å²) in [6.07, 6.45) is 4.67. The summed E-state index contributed by atoms with van der Waals surface area (Å²) in [5.74, 6) is -1.55. The molecule has 0 heterocycles. The van der Waals surface area contributed by atoms with Gasteiger partial charge < -0.3 is 10.2 Å². The first-order chi connectivity index (χ1) is 8.72. The monoisotopic (exact) mass is 272 g/mol. The molecule has 0 bridgehead atoms. The summed E-state index contributed by atoms with van der Waals surface area (Å²) in [6, 6.07) is 0. The maximum Gasteiger partial charge on any atom is 0.309 e. The molecule has 0 amide bonds. The van der Waals surface area contributed by atoms with Gasteiger partial charge in [0.2, 0.25) is 0 Å². The summed E-state index contributed by atoms with van der Waals surface area (Å²) in [6.45, 7) is 7.47. The number of aliphatic carboxylic acids is 2. The molecule has 0 aromatic heterocycles. The van der Waals surface area contributed by atoms with Crippen molar-refractivity contribution in [1.29, 1.82) is 0 Å².